The van der Waals surface area contributed by atoms with Gasteiger partial charge in [-0.1, -0.05) is 122 Å². The first kappa shape index (κ1) is 53.3. The summed E-state index contributed by atoms with van der Waals surface area (Å²) < 4.78 is 27.1. The highest BCUT2D eigenvalue weighted by atomic mass is 16.7. The van der Waals surface area contributed by atoms with Gasteiger partial charge in [-0.3, -0.25) is 14.4 Å². The zero-order valence-electron chi connectivity index (χ0n) is 36.8. The third-order valence-electron chi connectivity index (χ3n) is 10.0. The minimum Gasteiger partial charge on any atom is -0.460 e. The van der Waals surface area contributed by atoms with Crippen LogP contribution in [0.2, 0.25) is 0 Å². The largest absolute Gasteiger partial charge is 0.460 e. The van der Waals surface area contributed by atoms with Gasteiger partial charge in [0.2, 0.25) is 6.79 Å². The molecule has 0 rings (SSSR count). The van der Waals surface area contributed by atoms with Crippen LogP contribution in [-0.2, 0) is 42.9 Å². The van der Waals surface area contributed by atoms with Crippen molar-refractivity contribution in [3.63, 3.8) is 0 Å². The minimum atomic E-state index is -0.325. The molecule has 0 fully saturated rings. The Hall–Kier alpha value is -2.72. The van der Waals surface area contributed by atoms with Crippen LogP contribution in [0, 0.1) is 0 Å². The molecule has 0 aliphatic rings. The van der Waals surface area contributed by atoms with Crippen molar-refractivity contribution in [3.05, 3.63) is 24.3 Å². The Morgan fingerprint density at radius 3 is 1.52 bits per heavy atom. The normalized spacial score (nSPS) is 12.9. The number of nitrogens with zero attached hydrogens (tertiary/aromatic N) is 1. The first-order chi connectivity index (χ1) is 27.0. The number of likely N-dealkylation sites (N-methyl/N-ethyl adjacent to an activating group) is 1. The maximum atomic E-state index is 12.7. The Bertz CT molecular complexity index is 1040. The van der Waals surface area contributed by atoms with Crippen molar-refractivity contribution in [1.82, 2.24) is 0 Å². The fraction of sp³-hybridized carbons (Fsp3) is 0.826. The topological polar surface area (TPSA) is 114 Å². The fourth-order valence-electron chi connectivity index (χ4n) is 6.40. The molecular weight excluding hydrogens is 711 g/mol. The molecule has 0 radical (unpaired) electrons. The molecule has 56 heavy (non-hydrogen) atoms. The minimum absolute atomic E-state index is 0.129. The molecule has 0 aliphatic heterocycles. The van der Waals surface area contributed by atoms with E-state index in [0.717, 1.165) is 116 Å². The summed E-state index contributed by atoms with van der Waals surface area (Å²) in [5, 5.41) is 0. The van der Waals surface area contributed by atoms with E-state index in [1.807, 2.05) is 21.2 Å². The molecule has 0 N–H and O–H groups in total. The van der Waals surface area contributed by atoms with Gasteiger partial charge in [-0.05, 0) is 64.2 Å². The van der Waals surface area contributed by atoms with Gasteiger partial charge in [-0.15, -0.1) is 0 Å². The second-order valence-corrected chi connectivity index (χ2v) is 16.0. The number of methoxy groups -OCH3 is 1. The lowest BCUT2D eigenvalue weighted by molar-refractivity contribution is -0.883. The van der Waals surface area contributed by atoms with Crippen LogP contribution in [0.4, 0.5) is 0 Å². The molecule has 0 saturated heterocycles. The maximum Gasteiger partial charge on any atom is 0.362 e. The van der Waals surface area contributed by atoms with Crippen molar-refractivity contribution in [2.24, 2.45) is 0 Å². The van der Waals surface area contributed by atoms with Crippen LogP contribution in [0.3, 0.4) is 0 Å². The number of ether oxygens (including phenoxy) is 5. The van der Waals surface area contributed by atoms with Crippen LogP contribution in [0.15, 0.2) is 24.3 Å². The Morgan fingerprint density at radius 1 is 0.554 bits per heavy atom. The monoisotopic (exact) mass is 795 g/mol. The van der Waals surface area contributed by atoms with E-state index >= 15 is 0 Å². The molecule has 0 saturated carbocycles. The lowest BCUT2D eigenvalue weighted by Gasteiger charge is -2.29. The van der Waals surface area contributed by atoms with E-state index < -0.39 is 0 Å². The number of unbranched alkanes of at least 4 members (excludes halogenated alkanes) is 16. The molecular formula is C46H84NO9+. The molecule has 2 atom stereocenters. The van der Waals surface area contributed by atoms with Crippen molar-refractivity contribution in [2.75, 3.05) is 47.7 Å². The molecule has 0 aromatic heterocycles. The number of rotatable bonds is 39. The maximum absolute atomic E-state index is 12.7. The molecule has 326 valence electrons. The van der Waals surface area contributed by atoms with Gasteiger partial charge >= 0.3 is 23.9 Å². The highest BCUT2D eigenvalue weighted by Gasteiger charge is 2.24. The van der Waals surface area contributed by atoms with E-state index in [9.17, 15) is 19.2 Å². The number of carbonyl (C=O) groups excluding carboxylic acids is 4. The number of carbonyl (C=O) groups is 4. The number of quaternary nitrogens is 1. The van der Waals surface area contributed by atoms with Crippen molar-refractivity contribution in [2.45, 2.75) is 200 Å². The number of esters is 4. The average molecular weight is 795 g/mol. The second-order valence-electron chi connectivity index (χ2n) is 16.0. The first-order valence-electron chi connectivity index (χ1n) is 22.3. The summed E-state index contributed by atoms with van der Waals surface area (Å²) in [5.41, 5.74) is 0. The van der Waals surface area contributed by atoms with Gasteiger partial charge < -0.3 is 28.2 Å². The molecule has 0 amide bonds. The number of hydrogen-bond donors (Lipinski definition) is 0. The average Bonchev–Trinajstić information content (AvgIpc) is 3.14. The summed E-state index contributed by atoms with van der Waals surface area (Å²) >= 11 is 0. The molecule has 0 aromatic carbocycles. The summed E-state index contributed by atoms with van der Waals surface area (Å²) in [6, 6.07) is 0. The number of hydrogen-bond acceptors (Lipinski definition) is 9. The van der Waals surface area contributed by atoms with E-state index in [0.29, 0.717) is 36.4 Å². The van der Waals surface area contributed by atoms with Gasteiger partial charge in [0.1, 0.15) is 19.3 Å². The third kappa shape index (κ3) is 36.9. The van der Waals surface area contributed by atoms with E-state index in [1.165, 1.54) is 39.0 Å². The molecule has 0 spiro atoms. The predicted octanol–water partition coefficient (Wildman–Crippen LogP) is 10.9. The highest BCUT2D eigenvalue weighted by Crippen LogP contribution is 2.16. The van der Waals surface area contributed by atoms with Crippen molar-refractivity contribution >= 4 is 23.9 Å². The molecule has 0 bridgehead atoms. The lowest BCUT2D eigenvalue weighted by Crippen LogP contribution is -2.47. The van der Waals surface area contributed by atoms with Gasteiger partial charge in [0, 0.05) is 33.3 Å². The zero-order chi connectivity index (χ0) is 41.5. The van der Waals surface area contributed by atoms with Gasteiger partial charge in [-0.25, -0.2) is 4.79 Å². The van der Waals surface area contributed by atoms with Gasteiger partial charge in [0.05, 0.1) is 20.2 Å². The smallest absolute Gasteiger partial charge is 0.362 e. The summed E-state index contributed by atoms with van der Waals surface area (Å²) in [7, 11) is 5.69. The van der Waals surface area contributed by atoms with E-state index in [2.05, 4.69) is 38.2 Å². The predicted molar refractivity (Wildman–Crippen MR) is 226 cm³/mol. The SMILES string of the molecule is CCCCCC[C@H](C/C=C\CCCCCCCC(=O)OCOC(=O)CCCCCCC/C=C\C[C@H](CCCCCC)OC(=O)C[N+](C)(C)CCOC(C)=O)OC. The first-order valence-corrected chi connectivity index (χ1v) is 22.3. The summed E-state index contributed by atoms with van der Waals surface area (Å²) in [4.78, 5) is 47.8. The molecule has 10 heteroatoms. The molecule has 0 unspecified atom stereocenters. The molecule has 10 nitrogen and oxygen atoms in total. The molecule has 0 heterocycles. The van der Waals surface area contributed by atoms with Crippen LogP contribution in [-0.4, -0.2) is 88.3 Å². The summed E-state index contributed by atoms with van der Waals surface area (Å²) in [6.45, 7) is 6.57. The van der Waals surface area contributed by atoms with E-state index in [4.69, 9.17) is 23.7 Å². The van der Waals surface area contributed by atoms with Crippen molar-refractivity contribution in [1.29, 1.82) is 0 Å². The Kier molecular flexibility index (Phi) is 36.0. The summed E-state index contributed by atoms with van der Waals surface area (Å²) in [6.07, 6.45) is 35.3. The Labute approximate surface area is 342 Å². The van der Waals surface area contributed by atoms with Crippen LogP contribution in [0.5, 0.6) is 0 Å². The van der Waals surface area contributed by atoms with Crippen LogP contribution in [0.25, 0.3) is 0 Å². The zero-order valence-corrected chi connectivity index (χ0v) is 36.8. The summed E-state index contributed by atoms with van der Waals surface area (Å²) in [5.74, 6) is -1.17. The van der Waals surface area contributed by atoms with E-state index in [1.54, 1.807) is 0 Å². The van der Waals surface area contributed by atoms with Crippen molar-refractivity contribution < 1.29 is 47.3 Å². The quantitative estimate of drug-likeness (QED) is 0.0150. The second kappa shape index (κ2) is 37.8. The Morgan fingerprint density at radius 2 is 1.02 bits per heavy atom. The molecule has 0 aromatic rings. The van der Waals surface area contributed by atoms with Crippen molar-refractivity contribution in [3.8, 4) is 0 Å². The van der Waals surface area contributed by atoms with E-state index in [-0.39, 0.29) is 49.9 Å². The van der Waals surface area contributed by atoms with Crippen LogP contribution >= 0.6 is 0 Å². The van der Waals surface area contributed by atoms with Gasteiger partial charge in [0.25, 0.3) is 0 Å². The van der Waals surface area contributed by atoms with Gasteiger partial charge in [0.15, 0.2) is 6.54 Å². The van der Waals surface area contributed by atoms with Crippen LogP contribution in [0.1, 0.15) is 188 Å². The Balaban J connectivity index is 3.94. The number of allylic oxidation sites excluding steroid dienone is 2. The lowest BCUT2D eigenvalue weighted by atomic mass is 10.1. The fourth-order valence-corrected chi connectivity index (χ4v) is 6.40. The standard InChI is InChI=1S/C46H84NO9/c1-7-9-11-25-31-42(52-6)32-27-21-17-13-15-19-23-29-35-44(49)54-40-55-45(50)36-30-24-20-16-14-18-22-28-34-43(33-26-12-10-8-2)56-46(51)39-47(4,5)37-38-53-41(3)48/h21-22,27-28,42-43H,7-20,23-26,29-40H2,1-6H3/q+1/b27-21-,28-22-/t42-,43+/m1/s1. The van der Waals surface area contributed by atoms with Gasteiger partial charge in [-0.2, -0.15) is 0 Å². The molecule has 0 aliphatic carbocycles. The third-order valence-corrected chi connectivity index (χ3v) is 10.0. The highest BCUT2D eigenvalue weighted by molar-refractivity contribution is 5.71. The van der Waals surface area contributed by atoms with Crippen LogP contribution < -0.4 is 0 Å².